The highest BCUT2D eigenvalue weighted by atomic mass is 35.5. The number of aryl methyl sites for hydroxylation is 1. The normalized spacial score (nSPS) is 16.8. The Kier molecular flexibility index (Phi) is 5.60. The first kappa shape index (κ1) is 17.8. The van der Waals surface area contributed by atoms with Gasteiger partial charge in [-0.2, -0.15) is 5.10 Å². The molecule has 1 aromatic heterocycles. The van der Waals surface area contributed by atoms with E-state index in [4.69, 9.17) is 32.7 Å². The molecule has 1 aliphatic rings. The number of ether oxygens (including phenoxy) is 2. The van der Waals surface area contributed by atoms with Crippen molar-refractivity contribution in [2.24, 2.45) is 0 Å². The molecular weight excluding hydrogens is 365 g/mol. The van der Waals surface area contributed by atoms with Crippen molar-refractivity contribution in [2.75, 3.05) is 19.7 Å². The van der Waals surface area contributed by atoms with Crippen molar-refractivity contribution in [3.63, 3.8) is 0 Å². The minimum absolute atomic E-state index is 0.0849. The number of likely N-dealkylation sites (tertiary alicyclic amines) is 1. The van der Waals surface area contributed by atoms with E-state index in [-0.39, 0.29) is 18.6 Å². The number of carbonyl (C=O) groups is 1. The Bertz CT molecular complexity index is 755. The zero-order valence-corrected chi connectivity index (χ0v) is 15.1. The molecule has 1 saturated heterocycles. The van der Waals surface area contributed by atoms with Gasteiger partial charge in [0.2, 0.25) is 5.88 Å². The summed E-state index contributed by atoms with van der Waals surface area (Å²) in [6.45, 7) is 2.88. The molecule has 1 aromatic carbocycles. The highest BCUT2D eigenvalue weighted by molar-refractivity contribution is 6.35. The number of carbonyl (C=O) groups excluding carboxylic acids is 1. The van der Waals surface area contributed by atoms with Crippen molar-refractivity contribution in [3.05, 3.63) is 46.1 Å². The molecule has 25 heavy (non-hydrogen) atoms. The van der Waals surface area contributed by atoms with Crippen LogP contribution in [-0.4, -0.2) is 46.8 Å². The van der Waals surface area contributed by atoms with E-state index in [0.29, 0.717) is 34.8 Å². The summed E-state index contributed by atoms with van der Waals surface area (Å²) in [5.74, 6) is 0.780. The molecule has 0 saturated carbocycles. The maximum absolute atomic E-state index is 12.3. The number of hydrogen-bond acceptors (Lipinski definition) is 5. The van der Waals surface area contributed by atoms with Crippen LogP contribution in [0.4, 0.5) is 0 Å². The summed E-state index contributed by atoms with van der Waals surface area (Å²) in [7, 11) is 0. The fourth-order valence-corrected chi connectivity index (χ4v) is 2.96. The number of halogens is 2. The lowest BCUT2D eigenvalue weighted by Crippen LogP contribution is -2.34. The van der Waals surface area contributed by atoms with E-state index in [0.717, 1.165) is 12.1 Å². The van der Waals surface area contributed by atoms with E-state index in [1.54, 1.807) is 29.2 Å². The van der Waals surface area contributed by atoms with E-state index in [9.17, 15) is 4.79 Å². The third-order valence-electron chi connectivity index (χ3n) is 3.80. The van der Waals surface area contributed by atoms with Gasteiger partial charge >= 0.3 is 0 Å². The molecule has 2 aromatic rings. The van der Waals surface area contributed by atoms with E-state index < -0.39 is 0 Å². The van der Waals surface area contributed by atoms with Crippen molar-refractivity contribution < 1.29 is 14.3 Å². The van der Waals surface area contributed by atoms with Crippen LogP contribution in [0.3, 0.4) is 0 Å². The number of rotatable bonds is 5. The van der Waals surface area contributed by atoms with Gasteiger partial charge in [-0.3, -0.25) is 4.79 Å². The van der Waals surface area contributed by atoms with Gasteiger partial charge < -0.3 is 14.4 Å². The largest absolute Gasteiger partial charge is 0.482 e. The summed E-state index contributed by atoms with van der Waals surface area (Å²) in [6, 6.07) is 8.49. The van der Waals surface area contributed by atoms with Crippen molar-refractivity contribution in [3.8, 4) is 11.6 Å². The Morgan fingerprint density at radius 2 is 2.12 bits per heavy atom. The summed E-state index contributed by atoms with van der Waals surface area (Å²) in [6.07, 6.45) is 0.642. The summed E-state index contributed by atoms with van der Waals surface area (Å²) in [5, 5.41) is 8.83. The third kappa shape index (κ3) is 4.74. The smallest absolute Gasteiger partial charge is 0.260 e. The van der Waals surface area contributed by atoms with E-state index >= 15 is 0 Å². The van der Waals surface area contributed by atoms with Crippen LogP contribution in [0.5, 0.6) is 11.6 Å². The van der Waals surface area contributed by atoms with E-state index in [1.807, 2.05) is 13.0 Å². The lowest BCUT2D eigenvalue weighted by atomic mass is 10.3. The minimum Gasteiger partial charge on any atom is -0.482 e. The quantitative estimate of drug-likeness (QED) is 0.795. The van der Waals surface area contributed by atoms with Gasteiger partial charge in [0.15, 0.2) is 6.61 Å². The first-order valence-corrected chi connectivity index (χ1v) is 8.59. The highest BCUT2D eigenvalue weighted by Gasteiger charge is 2.28. The van der Waals surface area contributed by atoms with E-state index in [2.05, 4.69) is 10.2 Å². The molecule has 0 radical (unpaired) electrons. The van der Waals surface area contributed by atoms with Gasteiger partial charge in [0, 0.05) is 24.1 Å². The third-order valence-corrected chi connectivity index (χ3v) is 4.33. The average Bonchev–Trinajstić information content (AvgIpc) is 3.04. The predicted molar refractivity (Wildman–Crippen MR) is 94.3 cm³/mol. The van der Waals surface area contributed by atoms with Gasteiger partial charge in [-0.25, -0.2) is 0 Å². The lowest BCUT2D eigenvalue weighted by Gasteiger charge is -2.17. The van der Waals surface area contributed by atoms with Crippen LogP contribution >= 0.6 is 23.2 Å². The van der Waals surface area contributed by atoms with Crippen LogP contribution in [-0.2, 0) is 4.79 Å². The van der Waals surface area contributed by atoms with Gasteiger partial charge in [0.1, 0.15) is 11.9 Å². The van der Waals surface area contributed by atoms with Crippen LogP contribution in [0, 0.1) is 6.92 Å². The molecule has 1 unspecified atom stereocenters. The zero-order chi connectivity index (χ0) is 17.8. The second-order valence-corrected chi connectivity index (χ2v) is 6.59. The maximum atomic E-state index is 12.3. The van der Waals surface area contributed by atoms with Crippen LogP contribution in [0.1, 0.15) is 12.1 Å². The van der Waals surface area contributed by atoms with Crippen molar-refractivity contribution in [1.29, 1.82) is 0 Å². The Balaban J connectivity index is 1.49. The fourth-order valence-electron chi connectivity index (χ4n) is 2.49. The summed E-state index contributed by atoms with van der Waals surface area (Å²) < 4.78 is 11.2. The molecule has 3 rings (SSSR count). The number of benzene rings is 1. The van der Waals surface area contributed by atoms with E-state index in [1.165, 1.54) is 0 Å². The van der Waals surface area contributed by atoms with Crippen molar-refractivity contribution >= 4 is 29.1 Å². The molecular formula is C17H17Cl2N3O3. The van der Waals surface area contributed by atoms with Crippen LogP contribution in [0.15, 0.2) is 30.3 Å². The summed E-state index contributed by atoms with van der Waals surface area (Å²) in [4.78, 5) is 14.0. The topological polar surface area (TPSA) is 64.5 Å². The summed E-state index contributed by atoms with van der Waals surface area (Å²) in [5.41, 5.74) is 0.827. The molecule has 1 amide bonds. The second kappa shape index (κ2) is 7.89. The Hall–Kier alpha value is -2.05. The Morgan fingerprint density at radius 3 is 2.84 bits per heavy atom. The highest BCUT2D eigenvalue weighted by Crippen LogP contribution is 2.27. The molecule has 1 atom stereocenters. The minimum atomic E-state index is -0.118. The maximum Gasteiger partial charge on any atom is 0.260 e. The number of nitrogens with zero attached hydrogens (tertiary/aromatic N) is 3. The average molecular weight is 382 g/mol. The first-order valence-electron chi connectivity index (χ1n) is 7.84. The second-order valence-electron chi connectivity index (χ2n) is 5.74. The monoisotopic (exact) mass is 381 g/mol. The fraction of sp³-hybridized carbons (Fsp3) is 0.353. The van der Waals surface area contributed by atoms with Crippen LogP contribution < -0.4 is 9.47 Å². The molecule has 0 spiro atoms. The Labute approximate surface area is 155 Å². The van der Waals surface area contributed by atoms with Gasteiger partial charge in [-0.15, -0.1) is 5.10 Å². The molecule has 132 valence electrons. The molecule has 8 heteroatoms. The molecule has 1 fully saturated rings. The van der Waals surface area contributed by atoms with Gasteiger partial charge in [0.25, 0.3) is 5.91 Å². The van der Waals surface area contributed by atoms with Gasteiger partial charge in [0.05, 0.1) is 17.3 Å². The lowest BCUT2D eigenvalue weighted by molar-refractivity contribution is -0.132. The number of amides is 1. The van der Waals surface area contributed by atoms with Crippen LogP contribution in [0.25, 0.3) is 0 Å². The molecule has 0 bridgehead atoms. The van der Waals surface area contributed by atoms with Gasteiger partial charge in [-0.05, 0) is 31.2 Å². The number of hydrogen-bond donors (Lipinski definition) is 0. The summed E-state index contributed by atoms with van der Waals surface area (Å²) >= 11 is 11.9. The molecule has 0 N–H and O–H groups in total. The van der Waals surface area contributed by atoms with Crippen molar-refractivity contribution in [1.82, 2.24) is 15.1 Å². The molecule has 2 heterocycles. The SMILES string of the molecule is Cc1ccc(OC2CCN(C(=O)COc3ccc(Cl)cc3Cl)C2)nn1. The van der Waals surface area contributed by atoms with Crippen molar-refractivity contribution in [2.45, 2.75) is 19.4 Å². The zero-order valence-electron chi connectivity index (χ0n) is 13.6. The Morgan fingerprint density at radius 1 is 1.28 bits per heavy atom. The molecule has 1 aliphatic heterocycles. The first-order chi connectivity index (χ1) is 12.0. The number of aromatic nitrogens is 2. The van der Waals surface area contributed by atoms with Crippen LogP contribution in [0.2, 0.25) is 10.0 Å². The molecule has 0 aliphatic carbocycles. The molecule has 6 nitrogen and oxygen atoms in total. The standard InChI is InChI=1S/C17H17Cl2N3O3/c1-11-2-5-16(21-20-11)25-13-6-7-22(9-13)17(23)10-24-15-4-3-12(18)8-14(15)19/h2-5,8,13H,6-7,9-10H2,1H3. The predicted octanol–water partition coefficient (Wildman–Crippen LogP) is 3.15. The van der Waals surface area contributed by atoms with Gasteiger partial charge in [-0.1, -0.05) is 23.2 Å².